The number of nitrogens with one attached hydrogen (secondary N) is 1. The third-order valence-electron chi connectivity index (χ3n) is 4.38. The van der Waals surface area contributed by atoms with Crippen LogP contribution in [-0.2, 0) is 27.3 Å². The Balaban J connectivity index is 2.01. The molecule has 1 amide bonds. The van der Waals surface area contributed by atoms with E-state index in [4.69, 9.17) is 25.8 Å². The first kappa shape index (κ1) is 24.5. The molecule has 168 valence electrons. The first-order valence-corrected chi connectivity index (χ1v) is 10.6. The maximum atomic E-state index is 12.3. The minimum Gasteiger partial charge on any atom is -0.497 e. The van der Waals surface area contributed by atoms with Gasteiger partial charge in [0.2, 0.25) is 0 Å². The molecule has 2 rings (SSSR count). The number of amides is 1. The number of benzene rings is 2. The van der Waals surface area contributed by atoms with Crippen LogP contribution in [0, 0.1) is 0 Å². The molecule has 1 N–H and O–H groups in total. The number of halogens is 1. The van der Waals surface area contributed by atoms with Gasteiger partial charge in [-0.1, -0.05) is 41.9 Å². The molecular weight excluding hydrogens is 418 g/mol. The lowest BCUT2D eigenvalue weighted by Gasteiger charge is -2.23. The molecular formula is C24H30ClNO5. The van der Waals surface area contributed by atoms with Crippen LogP contribution >= 0.6 is 11.6 Å². The fourth-order valence-corrected chi connectivity index (χ4v) is 3.15. The number of carbonyl (C=O) groups is 2. The summed E-state index contributed by atoms with van der Waals surface area (Å²) in [5, 5.41) is 3.39. The zero-order valence-electron chi connectivity index (χ0n) is 18.4. The lowest BCUT2D eigenvalue weighted by atomic mass is 10.0. The number of alkyl carbamates (subject to hydrolysis) is 1. The highest BCUT2D eigenvalue weighted by molar-refractivity contribution is 6.31. The van der Waals surface area contributed by atoms with Gasteiger partial charge in [-0.25, -0.2) is 4.79 Å². The van der Waals surface area contributed by atoms with Gasteiger partial charge in [-0.3, -0.25) is 4.79 Å². The van der Waals surface area contributed by atoms with Crippen molar-refractivity contribution in [1.29, 1.82) is 0 Å². The molecule has 6 nitrogen and oxygen atoms in total. The van der Waals surface area contributed by atoms with Gasteiger partial charge in [0, 0.05) is 11.1 Å². The number of rotatable bonds is 9. The molecule has 0 spiro atoms. The normalized spacial score (nSPS) is 12.0. The van der Waals surface area contributed by atoms with Gasteiger partial charge in [-0.15, -0.1) is 0 Å². The maximum Gasteiger partial charge on any atom is 0.407 e. The highest BCUT2D eigenvalue weighted by Crippen LogP contribution is 2.24. The summed E-state index contributed by atoms with van der Waals surface area (Å²) in [6.07, 6.45) is 0.461. The Morgan fingerprint density at radius 1 is 1.10 bits per heavy atom. The molecule has 0 radical (unpaired) electrons. The third kappa shape index (κ3) is 9.30. The fourth-order valence-electron chi connectivity index (χ4n) is 2.94. The standard InChI is InChI=1S/C24H30ClNO5/c1-24(2,3)31-22(27)15-19(11-10-18-14-20(29-4)12-13-21(18)25)26-23(28)30-16-17-8-6-5-7-9-17/h5-9,12-14,19H,10-11,15-16H2,1-4H3,(H,26,28). The molecule has 0 bridgehead atoms. The van der Waals surface area contributed by atoms with Crippen LogP contribution in [0.5, 0.6) is 5.75 Å². The average molecular weight is 448 g/mol. The summed E-state index contributed by atoms with van der Waals surface area (Å²) in [5.74, 6) is 0.302. The minimum absolute atomic E-state index is 0.0271. The number of hydrogen-bond donors (Lipinski definition) is 1. The van der Waals surface area contributed by atoms with Gasteiger partial charge in [0.25, 0.3) is 0 Å². The summed E-state index contributed by atoms with van der Waals surface area (Å²) in [7, 11) is 1.59. The van der Waals surface area contributed by atoms with E-state index in [0.717, 1.165) is 11.1 Å². The van der Waals surface area contributed by atoms with Crippen LogP contribution < -0.4 is 10.1 Å². The van der Waals surface area contributed by atoms with Crippen molar-refractivity contribution in [3.8, 4) is 5.75 Å². The summed E-state index contributed by atoms with van der Waals surface area (Å²) in [4.78, 5) is 24.7. The number of ether oxygens (including phenoxy) is 3. The SMILES string of the molecule is COc1ccc(Cl)c(CCC(CC(=O)OC(C)(C)C)NC(=O)OCc2ccccc2)c1. The molecule has 0 fully saturated rings. The molecule has 2 aromatic carbocycles. The van der Waals surface area contributed by atoms with Crippen molar-refractivity contribution in [2.24, 2.45) is 0 Å². The van der Waals surface area contributed by atoms with Crippen molar-refractivity contribution in [2.75, 3.05) is 7.11 Å². The van der Waals surface area contributed by atoms with Gasteiger partial charge in [-0.2, -0.15) is 0 Å². The van der Waals surface area contributed by atoms with Crippen LogP contribution in [0.25, 0.3) is 0 Å². The molecule has 1 atom stereocenters. The molecule has 7 heteroatoms. The summed E-state index contributed by atoms with van der Waals surface area (Å²) < 4.78 is 16.0. The Kier molecular flexibility index (Phi) is 9.19. The van der Waals surface area contributed by atoms with Gasteiger partial charge < -0.3 is 19.5 Å². The van der Waals surface area contributed by atoms with Crippen molar-refractivity contribution < 1.29 is 23.8 Å². The van der Waals surface area contributed by atoms with Crippen LogP contribution in [-0.4, -0.2) is 30.8 Å². The predicted octanol–water partition coefficient (Wildman–Crippen LogP) is 5.31. The molecule has 2 aromatic rings. The molecule has 0 aliphatic rings. The number of esters is 1. The van der Waals surface area contributed by atoms with E-state index in [0.29, 0.717) is 23.6 Å². The predicted molar refractivity (Wildman–Crippen MR) is 120 cm³/mol. The van der Waals surface area contributed by atoms with Crippen molar-refractivity contribution >= 4 is 23.7 Å². The van der Waals surface area contributed by atoms with Gasteiger partial charge >= 0.3 is 12.1 Å². The van der Waals surface area contributed by atoms with E-state index >= 15 is 0 Å². The van der Waals surface area contributed by atoms with E-state index in [9.17, 15) is 9.59 Å². The van der Waals surface area contributed by atoms with Crippen LogP contribution in [0.15, 0.2) is 48.5 Å². The van der Waals surface area contributed by atoms with Crippen molar-refractivity contribution in [3.05, 3.63) is 64.7 Å². The number of hydrogen-bond acceptors (Lipinski definition) is 5. The van der Waals surface area contributed by atoms with Crippen molar-refractivity contribution in [3.63, 3.8) is 0 Å². The number of methoxy groups -OCH3 is 1. The first-order chi connectivity index (χ1) is 14.7. The van der Waals surface area contributed by atoms with Crippen molar-refractivity contribution in [1.82, 2.24) is 5.32 Å². The number of carbonyl (C=O) groups excluding carboxylic acids is 2. The largest absolute Gasteiger partial charge is 0.497 e. The fraction of sp³-hybridized carbons (Fsp3) is 0.417. The molecule has 31 heavy (non-hydrogen) atoms. The van der Waals surface area contributed by atoms with E-state index in [1.54, 1.807) is 40.0 Å². The lowest BCUT2D eigenvalue weighted by Crippen LogP contribution is -2.38. The summed E-state index contributed by atoms with van der Waals surface area (Å²) >= 11 is 6.29. The molecule has 0 saturated heterocycles. The average Bonchev–Trinajstić information content (AvgIpc) is 2.71. The molecule has 0 aromatic heterocycles. The Morgan fingerprint density at radius 3 is 2.45 bits per heavy atom. The summed E-state index contributed by atoms with van der Waals surface area (Å²) in [6.45, 7) is 5.56. The highest BCUT2D eigenvalue weighted by atomic mass is 35.5. The monoisotopic (exact) mass is 447 g/mol. The topological polar surface area (TPSA) is 73.9 Å². The van der Waals surface area contributed by atoms with Crippen LogP contribution in [0.4, 0.5) is 4.79 Å². The van der Waals surface area contributed by atoms with E-state index in [1.165, 1.54) is 0 Å². The van der Waals surface area contributed by atoms with Gasteiger partial charge in [0.1, 0.15) is 18.0 Å². The van der Waals surface area contributed by atoms with Crippen LogP contribution in [0.3, 0.4) is 0 Å². The molecule has 0 aliphatic heterocycles. The summed E-state index contributed by atoms with van der Waals surface area (Å²) in [6, 6.07) is 14.3. The molecule has 0 heterocycles. The van der Waals surface area contributed by atoms with Crippen molar-refractivity contribution in [2.45, 2.75) is 58.3 Å². The van der Waals surface area contributed by atoms with Gasteiger partial charge in [0.05, 0.1) is 13.5 Å². The number of aryl methyl sites for hydroxylation is 1. The lowest BCUT2D eigenvalue weighted by molar-refractivity contribution is -0.155. The third-order valence-corrected chi connectivity index (χ3v) is 4.75. The molecule has 0 aliphatic carbocycles. The zero-order valence-corrected chi connectivity index (χ0v) is 19.2. The van der Waals surface area contributed by atoms with E-state index < -0.39 is 23.7 Å². The van der Waals surface area contributed by atoms with E-state index in [2.05, 4.69) is 5.32 Å². The van der Waals surface area contributed by atoms with Crippen LogP contribution in [0.2, 0.25) is 5.02 Å². The first-order valence-electron chi connectivity index (χ1n) is 10.2. The molecule has 1 unspecified atom stereocenters. The van der Waals surface area contributed by atoms with E-state index in [-0.39, 0.29) is 13.0 Å². The Bertz CT molecular complexity index is 864. The maximum absolute atomic E-state index is 12.3. The van der Waals surface area contributed by atoms with Crippen LogP contribution in [0.1, 0.15) is 44.7 Å². The quantitative estimate of drug-likeness (QED) is 0.527. The Labute approximate surface area is 188 Å². The van der Waals surface area contributed by atoms with E-state index in [1.807, 2.05) is 36.4 Å². The smallest absolute Gasteiger partial charge is 0.407 e. The van der Waals surface area contributed by atoms with Gasteiger partial charge in [-0.05, 0) is 62.9 Å². The zero-order chi connectivity index (χ0) is 22.9. The Hall–Kier alpha value is -2.73. The molecule has 0 saturated carbocycles. The second kappa shape index (κ2) is 11.6. The second-order valence-electron chi connectivity index (χ2n) is 8.19. The second-order valence-corrected chi connectivity index (χ2v) is 8.60. The Morgan fingerprint density at radius 2 is 1.81 bits per heavy atom. The highest BCUT2D eigenvalue weighted by Gasteiger charge is 2.22. The summed E-state index contributed by atoms with van der Waals surface area (Å²) in [5.41, 5.74) is 1.14. The minimum atomic E-state index is -0.606. The van der Waals surface area contributed by atoms with Gasteiger partial charge in [0.15, 0.2) is 0 Å².